The largest absolute Gasteiger partial charge is 0.497 e. The minimum atomic E-state index is -0.118. The maximum Gasteiger partial charge on any atom is 0.251 e. The number of amides is 1. The number of nitrogens with zero attached hydrogens (tertiary/aromatic N) is 2. The number of rotatable bonds is 6. The number of carbonyl (C=O) groups excluding carboxylic acids is 1. The van der Waals surface area contributed by atoms with Gasteiger partial charge in [0.05, 0.1) is 7.11 Å². The molecule has 1 aromatic heterocycles. The van der Waals surface area contributed by atoms with Crippen molar-refractivity contribution in [2.45, 2.75) is 13.3 Å². The maximum absolute atomic E-state index is 12.1. The summed E-state index contributed by atoms with van der Waals surface area (Å²) in [4.78, 5) is 12.1. The van der Waals surface area contributed by atoms with Crippen molar-refractivity contribution in [3.63, 3.8) is 0 Å². The molecule has 6 nitrogen and oxygen atoms in total. The maximum atomic E-state index is 12.1. The second-order valence-corrected chi connectivity index (χ2v) is 5.60. The van der Waals surface area contributed by atoms with Crippen LogP contribution >= 0.6 is 0 Å². The molecule has 0 aliphatic rings. The van der Waals surface area contributed by atoms with Crippen LogP contribution in [0.2, 0.25) is 0 Å². The predicted octanol–water partition coefficient (Wildman–Crippen LogP) is 3.03. The molecule has 0 bridgehead atoms. The second kappa shape index (κ2) is 7.61. The molecule has 0 unspecified atom stereocenters. The van der Waals surface area contributed by atoms with Gasteiger partial charge < -0.3 is 14.5 Å². The number of hydrogen-bond donors (Lipinski definition) is 1. The van der Waals surface area contributed by atoms with E-state index in [0.29, 0.717) is 30.3 Å². The third kappa shape index (κ3) is 4.23. The van der Waals surface area contributed by atoms with E-state index in [1.807, 2.05) is 43.3 Å². The van der Waals surface area contributed by atoms with Crippen LogP contribution in [0.25, 0.3) is 11.5 Å². The fourth-order valence-corrected chi connectivity index (χ4v) is 2.32. The van der Waals surface area contributed by atoms with Crippen molar-refractivity contribution in [2.24, 2.45) is 0 Å². The minimum absolute atomic E-state index is 0.118. The first kappa shape index (κ1) is 16.7. The number of carbonyl (C=O) groups is 1. The quantitative estimate of drug-likeness (QED) is 0.748. The molecular weight excluding hydrogens is 318 g/mol. The molecule has 0 aliphatic heterocycles. The molecule has 3 aromatic rings. The number of aromatic nitrogens is 2. The lowest BCUT2D eigenvalue weighted by Crippen LogP contribution is -2.25. The molecule has 0 radical (unpaired) electrons. The van der Waals surface area contributed by atoms with E-state index in [4.69, 9.17) is 9.15 Å². The highest BCUT2D eigenvalue weighted by atomic mass is 16.5. The summed E-state index contributed by atoms with van der Waals surface area (Å²) in [6.45, 7) is 2.41. The van der Waals surface area contributed by atoms with Crippen molar-refractivity contribution >= 4 is 5.91 Å². The molecule has 25 heavy (non-hydrogen) atoms. The Kier molecular flexibility index (Phi) is 5.09. The number of ether oxygens (including phenoxy) is 1. The Balaban J connectivity index is 1.56. The van der Waals surface area contributed by atoms with Gasteiger partial charge in [-0.25, -0.2) is 0 Å². The van der Waals surface area contributed by atoms with E-state index < -0.39 is 0 Å². The van der Waals surface area contributed by atoms with Crippen molar-refractivity contribution in [3.05, 3.63) is 65.5 Å². The first-order chi connectivity index (χ1) is 12.2. The normalized spacial score (nSPS) is 10.5. The average molecular weight is 337 g/mol. The predicted molar refractivity (Wildman–Crippen MR) is 93.5 cm³/mol. The average Bonchev–Trinajstić information content (AvgIpc) is 3.11. The topological polar surface area (TPSA) is 77.3 Å². The Labute approximate surface area is 145 Å². The van der Waals surface area contributed by atoms with Crippen molar-refractivity contribution in [1.29, 1.82) is 0 Å². The fourth-order valence-electron chi connectivity index (χ4n) is 2.32. The van der Waals surface area contributed by atoms with Gasteiger partial charge in [0.25, 0.3) is 5.91 Å². The molecule has 6 heteroatoms. The lowest BCUT2D eigenvalue weighted by Gasteiger charge is -2.03. The SMILES string of the molecule is COc1cccc(-c2nnc(CCNC(=O)c3ccc(C)cc3)o2)c1. The van der Waals surface area contributed by atoms with E-state index in [1.165, 1.54) is 0 Å². The van der Waals surface area contributed by atoms with Gasteiger partial charge in [-0.05, 0) is 37.3 Å². The molecule has 3 rings (SSSR count). The van der Waals surface area contributed by atoms with E-state index in [-0.39, 0.29) is 5.91 Å². The van der Waals surface area contributed by atoms with Crippen molar-refractivity contribution in [3.8, 4) is 17.2 Å². The van der Waals surface area contributed by atoms with Gasteiger partial charge in [-0.2, -0.15) is 0 Å². The van der Waals surface area contributed by atoms with E-state index in [0.717, 1.165) is 16.9 Å². The molecule has 1 amide bonds. The number of aryl methyl sites for hydroxylation is 1. The third-order valence-corrected chi connectivity index (χ3v) is 3.72. The number of nitrogens with one attached hydrogen (secondary N) is 1. The van der Waals surface area contributed by atoms with Crippen LogP contribution in [-0.4, -0.2) is 29.8 Å². The molecule has 1 heterocycles. The number of methoxy groups -OCH3 is 1. The highest BCUT2D eigenvalue weighted by Gasteiger charge is 2.10. The zero-order valence-corrected chi connectivity index (χ0v) is 14.2. The summed E-state index contributed by atoms with van der Waals surface area (Å²) < 4.78 is 10.8. The lowest BCUT2D eigenvalue weighted by molar-refractivity contribution is 0.0953. The summed E-state index contributed by atoms with van der Waals surface area (Å²) in [5, 5.41) is 10.9. The van der Waals surface area contributed by atoms with Crippen LogP contribution in [0, 0.1) is 6.92 Å². The molecule has 128 valence electrons. The van der Waals surface area contributed by atoms with Gasteiger partial charge >= 0.3 is 0 Å². The Morgan fingerprint density at radius 2 is 1.96 bits per heavy atom. The Morgan fingerprint density at radius 1 is 1.16 bits per heavy atom. The van der Waals surface area contributed by atoms with Gasteiger partial charge in [-0.15, -0.1) is 10.2 Å². The number of benzene rings is 2. The molecule has 0 saturated heterocycles. The van der Waals surface area contributed by atoms with Crippen molar-refractivity contribution in [2.75, 3.05) is 13.7 Å². The summed E-state index contributed by atoms with van der Waals surface area (Å²) in [6, 6.07) is 14.8. The summed E-state index contributed by atoms with van der Waals surface area (Å²) in [5.74, 6) is 1.51. The Morgan fingerprint density at radius 3 is 2.72 bits per heavy atom. The summed E-state index contributed by atoms with van der Waals surface area (Å²) >= 11 is 0. The second-order valence-electron chi connectivity index (χ2n) is 5.60. The van der Waals surface area contributed by atoms with Gasteiger partial charge in [0.15, 0.2) is 0 Å². The van der Waals surface area contributed by atoms with Crippen LogP contribution in [0.4, 0.5) is 0 Å². The first-order valence-electron chi connectivity index (χ1n) is 7.97. The van der Waals surface area contributed by atoms with Crippen molar-refractivity contribution < 1.29 is 13.9 Å². The van der Waals surface area contributed by atoms with Gasteiger partial charge in [0, 0.05) is 24.1 Å². The third-order valence-electron chi connectivity index (χ3n) is 3.72. The zero-order chi connectivity index (χ0) is 17.6. The lowest BCUT2D eigenvalue weighted by atomic mass is 10.1. The monoisotopic (exact) mass is 337 g/mol. The number of hydrogen-bond acceptors (Lipinski definition) is 5. The molecule has 2 aromatic carbocycles. The van der Waals surface area contributed by atoms with E-state index in [2.05, 4.69) is 15.5 Å². The van der Waals surface area contributed by atoms with Crippen LogP contribution in [0.3, 0.4) is 0 Å². The van der Waals surface area contributed by atoms with E-state index >= 15 is 0 Å². The Hall–Kier alpha value is -3.15. The smallest absolute Gasteiger partial charge is 0.251 e. The van der Waals surface area contributed by atoms with Crippen LogP contribution in [-0.2, 0) is 6.42 Å². The zero-order valence-electron chi connectivity index (χ0n) is 14.2. The summed E-state index contributed by atoms with van der Waals surface area (Å²) in [7, 11) is 1.61. The molecule has 0 saturated carbocycles. The molecule has 0 fully saturated rings. The van der Waals surface area contributed by atoms with Gasteiger partial charge in [0.1, 0.15) is 5.75 Å². The van der Waals surface area contributed by atoms with Crippen molar-refractivity contribution in [1.82, 2.24) is 15.5 Å². The minimum Gasteiger partial charge on any atom is -0.497 e. The van der Waals surface area contributed by atoms with Gasteiger partial charge in [-0.1, -0.05) is 23.8 Å². The standard InChI is InChI=1S/C19H19N3O3/c1-13-6-8-14(9-7-13)18(23)20-11-10-17-21-22-19(25-17)15-4-3-5-16(12-15)24-2/h3-9,12H,10-11H2,1-2H3,(H,20,23). The first-order valence-corrected chi connectivity index (χ1v) is 7.97. The molecule has 0 aliphatic carbocycles. The van der Waals surface area contributed by atoms with E-state index in [1.54, 1.807) is 19.2 Å². The highest BCUT2D eigenvalue weighted by molar-refractivity contribution is 5.94. The molecule has 1 N–H and O–H groups in total. The fraction of sp³-hybridized carbons (Fsp3) is 0.211. The summed E-state index contributed by atoms with van der Waals surface area (Å²) in [5.41, 5.74) is 2.54. The van der Waals surface area contributed by atoms with E-state index in [9.17, 15) is 4.79 Å². The van der Waals surface area contributed by atoms with Gasteiger partial charge in [0.2, 0.25) is 11.8 Å². The van der Waals surface area contributed by atoms with Crippen LogP contribution < -0.4 is 10.1 Å². The Bertz CT molecular complexity index is 856. The molecule has 0 atom stereocenters. The van der Waals surface area contributed by atoms with Gasteiger partial charge in [-0.3, -0.25) is 4.79 Å². The molecule has 0 spiro atoms. The van der Waals surface area contributed by atoms with Crippen LogP contribution in [0.5, 0.6) is 5.75 Å². The highest BCUT2D eigenvalue weighted by Crippen LogP contribution is 2.22. The van der Waals surface area contributed by atoms with Crippen LogP contribution in [0.15, 0.2) is 52.9 Å². The van der Waals surface area contributed by atoms with Crippen LogP contribution in [0.1, 0.15) is 21.8 Å². The summed E-state index contributed by atoms with van der Waals surface area (Å²) in [6.07, 6.45) is 0.467. The molecular formula is C19H19N3O3.